The highest BCUT2D eigenvalue weighted by molar-refractivity contribution is 6.04. The Bertz CT molecular complexity index is 3470. The van der Waals surface area contributed by atoms with Crippen molar-refractivity contribution < 1.29 is 307 Å². The van der Waals surface area contributed by atoms with Crippen molar-refractivity contribution in [3.05, 3.63) is 131 Å². The van der Waals surface area contributed by atoms with Crippen molar-refractivity contribution in [3.8, 4) is 22.8 Å². The minimum Gasteiger partial charge on any atom is -0.477 e. The molecule has 79 heteroatoms. The van der Waals surface area contributed by atoms with Crippen LogP contribution in [0, 0.1) is 13.8 Å². The van der Waals surface area contributed by atoms with E-state index in [4.69, 9.17) is 258 Å². The van der Waals surface area contributed by atoms with Crippen molar-refractivity contribution in [1.29, 1.82) is 0 Å². The summed E-state index contributed by atoms with van der Waals surface area (Å²) >= 11 is 0. The van der Waals surface area contributed by atoms with Gasteiger partial charge in [0.1, 0.15) is 17.0 Å². The molecule has 21 nitrogen and oxygen atoms in total. The van der Waals surface area contributed by atoms with Gasteiger partial charge in [-0.25, -0.2) is 24.4 Å². The fourth-order valence-electron chi connectivity index (χ4n) is 7.35. The zero-order chi connectivity index (χ0) is 105. The molecule has 2 fully saturated rings. The number of carbonyl (C=O) groups is 4. The molecule has 2 aromatic carbocycles. The van der Waals surface area contributed by atoms with E-state index in [1.165, 1.54) is 31.4 Å². The zero-order valence-electron chi connectivity index (χ0n) is 58.3. The Hall–Kier alpha value is -12.7. The van der Waals surface area contributed by atoms with Crippen LogP contribution in [0.1, 0.15) is 81.7 Å². The average Bonchev–Trinajstić information content (AvgIpc) is 1.68. The van der Waals surface area contributed by atoms with E-state index in [9.17, 15) is 45.5 Å². The number of halogens is 58. The molecule has 0 atom stereocenters. The Morgan fingerprint density at radius 3 is 0.921 bits per heavy atom. The first-order chi connectivity index (χ1) is 60.6. The molecule has 760 valence electrons. The van der Waals surface area contributed by atoms with Gasteiger partial charge in [0.25, 0.3) is 5.91 Å². The van der Waals surface area contributed by atoms with E-state index in [0.29, 0.717) is 78.3 Å². The number of nitrogens with zero attached hydrogens (tertiary/aromatic N) is 10. The second-order valence-corrected chi connectivity index (χ2v) is 16.5. The molecule has 0 unspecified atom stereocenters. The minimum atomic E-state index is -4.56. The number of fused-ring (bicyclic) bond motifs is 2. The number of imidazole rings is 2. The van der Waals surface area contributed by atoms with Gasteiger partial charge < -0.3 is 44.5 Å². The van der Waals surface area contributed by atoms with Crippen molar-refractivity contribution in [3.63, 3.8) is 0 Å². The van der Waals surface area contributed by atoms with E-state index >= 15 is 0 Å². The number of likely N-dealkylation sites (tertiary alicyclic amines) is 2. The normalized spacial score (nSPS) is 9.18. The summed E-state index contributed by atoms with van der Waals surface area (Å²) in [5, 5.41) is 19.4. The van der Waals surface area contributed by atoms with Crippen molar-refractivity contribution in [2.75, 3.05) is 51.4 Å². The number of anilines is 2. The lowest BCUT2D eigenvalue weighted by molar-refractivity contribution is -0.138. The molecular weight excluding hydrogens is 1990 g/mol. The van der Waals surface area contributed by atoms with E-state index < -0.39 is 41.4 Å². The van der Waals surface area contributed by atoms with Crippen LogP contribution in [0.25, 0.3) is 34.1 Å². The second-order valence-electron chi connectivity index (χ2n) is 16.5. The van der Waals surface area contributed by atoms with Crippen molar-refractivity contribution in [1.82, 2.24) is 48.9 Å². The van der Waals surface area contributed by atoms with Gasteiger partial charge >= 0.3 is 30.5 Å². The van der Waals surface area contributed by atoms with Gasteiger partial charge in [0.05, 0.1) is 49.6 Å². The molecule has 6 aromatic heterocycles. The number of amides is 3. The smallest absolute Gasteiger partial charge is 0.417 e. The van der Waals surface area contributed by atoms with Gasteiger partial charge in [0.15, 0.2) is 5.69 Å². The van der Waals surface area contributed by atoms with Gasteiger partial charge in [-0.1, -0.05) is 49.4 Å². The van der Waals surface area contributed by atoms with Crippen LogP contribution in [0.5, 0.6) is 0 Å². The second kappa shape index (κ2) is 126. The number of ether oxygens (including phenoxy) is 2. The number of nitrogens with two attached hydrogens (primary N) is 1. The predicted octanol–water partition coefficient (Wildman–Crippen LogP) is 31.1. The largest absolute Gasteiger partial charge is 0.477 e. The standard InChI is InChI=1S/C23H19F3N6O4.C14H16N4O3.C9H5F3N2O2.2CH4.26F2/c1-12-3-4-13(19-29-21(36-30-19)14-9-31(10-14)22(34)35-2)7-16(12)28-20(33)17-8-27-18-6-5-15(11-32(17)18)23(24,25)26;1-8-3-4-9(5-11(8)15)12-16-13(21-17-12)10-6-18(7-10)14(19)20-2;10-9(11,12)5-1-2-7-13-3-6(8(15)16)14(7)4-5;;;26*1-2/h3-8,11,14H,9-10H2,1-2H3,(H,28,33);3-5,10H,6-7,15H2,1-2H3;1-4H,(H,15,16);2*1H4;;;;;;;;;;;;;;;;;;;;;;;;;;. The minimum absolute atomic E-state index is 0. The third-order valence-corrected chi connectivity index (χ3v) is 11.6. The summed E-state index contributed by atoms with van der Waals surface area (Å²) in [6, 6.07) is 14.9. The number of rotatable bonds is 7. The topological polar surface area (TPSA) is 264 Å². The number of hydrogen-bond acceptors (Lipinski definition) is 15. The molecule has 2 saturated heterocycles. The maximum absolute atomic E-state index is 13.1. The first-order valence-corrected chi connectivity index (χ1v) is 25.3. The lowest BCUT2D eigenvalue weighted by Gasteiger charge is -2.35. The first kappa shape index (κ1) is 169. The van der Waals surface area contributed by atoms with Crippen molar-refractivity contribution in [2.24, 2.45) is 0 Å². The van der Waals surface area contributed by atoms with Crippen LogP contribution in [-0.2, 0) is 21.8 Å². The highest BCUT2D eigenvalue weighted by atomic mass is 20.0. The molecule has 127 heavy (non-hydrogen) atoms. The molecule has 0 saturated carbocycles. The lowest BCUT2D eigenvalue weighted by atomic mass is 10.0. The van der Waals surface area contributed by atoms with Crippen LogP contribution >= 0.6 is 0 Å². The number of alkyl halides is 6. The summed E-state index contributed by atoms with van der Waals surface area (Å²) in [5.74, 6) is -0.290. The molecule has 0 bridgehead atoms. The number of aromatic nitrogens is 8. The van der Waals surface area contributed by atoms with Gasteiger partial charge in [-0.3, -0.25) is 13.6 Å². The molecule has 0 radical (unpaired) electrons. The summed E-state index contributed by atoms with van der Waals surface area (Å²) < 4.78 is 514. The number of carboxylic acids is 1. The van der Waals surface area contributed by atoms with Crippen LogP contribution in [0.4, 0.5) is 285 Å². The number of nitrogens with one attached hydrogen (secondary N) is 1. The fraction of sp³-hybridized carbons (Fsp3) is 0.292. The quantitative estimate of drug-likeness (QED) is 0.0989. The SMILES string of the molecule is C.C.COC(=O)N1CC(c2nc(-c3ccc(C)c(N)c3)no2)C1.COC(=O)N1CC(c2nc(-c3ccc(C)c(NC(=O)c4cnc5ccc(C(F)(F)F)cn45)c3)no2)C1.FF.FF.FF.FF.FF.FF.FF.FF.FF.FF.FF.FF.FF.FF.FF.FF.FF.FF.FF.FF.FF.FF.FF.FF.FF.FF.O=C(O)c1cnc2ccc(C(F)(F)F)cn12. The van der Waals surface area contributed by atoms with E-state index in [0.717, 1.165) is 50.5 Å². The Morgan fingerprint density at radius 1 is 0.402 bits per heavy atom. The number of benzene rings is 2. The average molecular weight is 2040 g/mol. The van der Waals surface area contributed by atoms with Gasteiger partial charge in [-0.15, -0.1) is 0 Å². The zero-order valence-corrected chi connectivity index (χ0v) is 58.3. The number of pyridine rings is 2. The lowest BCUT2D eigenvalue weighted by Crippen LogP contribution is -2.48. The molecular formula is C48H48F58N12O9. The number of hydrogen-bond donors (Lipinski definition) is 3. The van der Waals surface area contributed by atoms with Crippen LogP contribution in [0.3, 0.4) is 0 Å². The van der Waals surface area contributed by atoms with Crippen LogP contribution in [-0.4, -0.2) is 118 Å². The summed E-state index contributed by atoms with van der Waals surface area (Å²) in [4.78, 5) is 66.0. The highest BCUT2D eigenvalue weighted by Crippen LogP contribution is 2.34. The van der Waals surface area contributed by atoms with E-state index in [1.807, 2.05) is 25.1 Å². The van der Waals surface area contributed by atoms with E-state index in [1.54, 1.807) is 30.0 Å². The van der Waals surface area contributed by atoms with Crippen LogP contribution in [0.2, 0.25) is 0 Å². The Kier molecular flexibility index (Phi) is 168. The van der Waals surface area contributed by atoms with Gasteiger partial charge in [0, 0.05) is 299 Å². The maximum atomic E-state index is 13.1. The molecule has 4 N–H and O–H groups in total. The van der Waals surface area contributed by atoms with E-state index in [2.05, 4.69) is 45.0 Å². The van der Waals surface area contributed by atoms with Gasteiger partial charge in [-0.05, 0) is 61.4 Å². The summed E-state index contributed by atoms with van der Waals surface area (Å²) in [7, 11) is 2.67. The summed E-state index contributed by atoms with van der Waals surface area (Å²) in [6.07, 6.45) is -6.05. The molecule has 3 amide bonds. The third kappa shape index (κ3) is 68.4. The Morgan fingerprint density at radius 2 is 0.661 bits per heavy atom. The van der Waals surface area contributed by atoms with Gasteiger partial charge in [0.2, 0.25) is 23.4 Å². The molecule has 10 rings (SSSR count). The maximum Gasteiger partial charge on any atom is 0.417 e. The number of carboxylic acid groups (broad SMARTS) is 1. The third-order valence-electron chi connectivity index (χ3n) is 11.6. The van der Waals surface area contributed by atoms with Crippen molar-refractivity contribution in [2.45, 2.75) is 52.9 Å². The number of aromatic carboxylic acids is 1. The number of nitrogen functional groups attached to an aromatic ring is 1. The Balaban J connectivity index is -0.0000000568. The van der Waals surface area contributed by atoms with Crippen molar-refractivity contribution >= 4 is 46.7 Å². The van der Waals surface area contributed by atoms with Crippen LogP contribution < -0.4 is 11.1 Å². The molecule has 8 aromatic rings. The number of carbonyl (C=O) groups excluding carboxylic acids is 3. The van der Waals surface area contributed by atoms with Gasteiger partial charge in [-0.2, -0.15) is 36.3 Å². The Labute approximate surface area is 661 Å². The monoisotopic (exact) mass is 2040 g/mol. The predicted molar refractivity (Wildman–Crippen MR) is 313 cm³/mol. The number of aryl methyl sites for hydroxylation is 2. The molecule has 0 spiro atoms. The highest BCUT2D eigenvalue weighted by Gasteiger charge is 2.38. The molecule has 8 heterocycles. The number of methoxy groups -OCH3 is 2. The summed E-state index contributed by atoms with van der Waals surface area (Å²) in [6.45, 7) is 5.58. The molecule has 2 aliphatic rings. The van der Waals surface area contributed by atoms with Crippen LogP contribution in [0.15, 0.2) is 94.5 Å². The molecule has 0 aliphatic carbocycles. The van der Waals surface area contributed by atoms with E-state index in [-0.39, 0.29) is 55.5 Å². The molecule has 2 aliphatic heterocycles. The summed E-state index contributed by atoms with van der Waals surface area (Å²) in [5.41, 5.74) is 8.30. The fourth-order valence-corrected chi connectivity index (χ4v) is 7.35. The first-order valence-electron chi connectivity index (χ1n) is 25.3.